The Morgan fingerprint density at radius 3 is 2.78 bits per heavy atom. The molecule has 0 aliphatic heterocycles. The molecule has 1 heterocycles. The zero-order chi connectivity index (χ0) is 13.7. The van der Waals surface area contributed by atoms with Crippen LogP contribution in [-0.2, 0) is 4.79 Å². The molecule has 0 saturated carbocycles. The summed E-state index contributed by atoms with van der Waals surface area (Å²) in [5.74, 6) is 0.584. The van der Waals surface area contributed by atoms with E-state index in [1.165, 1.54) is 0 Å². The van der Waals surface area contributed by atoms with Gasteiger partial charge in [-0.2, -0.15) is 5.10 Å². The van der Waals surface area contributed by atoms with Crippen molar-refractivity contribution in [1.29, 1.82) is 0 Å². The number of carbonyl (C=O) groups excluding carboxylic acids is 1. The number of nitrogens with one attached hydrogen (secondary N) is 1. The van der Waals surface area contributed by atoms with Gasteiger partial charge in [0.15, 0.2) is 0 Å². The molecule has 6 nitrogen and oxygen atoms in total. The Kier molecular flexibility index (Phi) is 5.30. The monoisotopic (exact) mass is 254 g/mol. The van der Waals surface area contributed by atoms with Gasteiger partial charge in [0.25, 0.3) is 0 Å². The van der Waals surface area contributed by atoms with Crippen molar-refractivity contribution in [2.45, 2.75) is 32.9 Å². The molecule has 0 fully saturated rings. The number of hydrogen-bond donors (Lipinski definition) is 2. The number of amides is 1. The van der Waals surface area contributed by atoms with E-state index in [1.54, 1.807) is 35.8 Å². The number of aliphatic hydroxyl groups is 1. The van der Waals surface area contributed by atoms with Gasteiger partial charge in [0.05, 0.1) is 18.8 Å². The highest BCUT2D eigenvalue weighted by molar-refractivity contribution is 5.91. The number of aliphatic hydroxyl groups excluding tert-OH is 1. The summed E-state index contributed by atoms with van der Waals surface area (Å²) in [6.07, 6.45) is 1.22. The molecule has 1 aromatic heterocycles. The Balaban J connectivity index is 2.52. The SMILES string of the molecule is CC(O)CN(C)CC(=O)Nc1ccnn1C(C)C. The van der Waals surface area contributed by atoms with Crippen molar-refractivity contribution >= 4 is 11.7 Å². The summed E-state index contributed by atoms with van der Waals surface area (Å²) in [5, 5.41) is 16.2. The lowest BCUT2D eigenvalue weighted by Crippen LogP contribution is -2.35. The van der Waals surface area contributed by atoms with Gasteiger partial charge in [0, 0.05) is 18.7 Å². The first kappa shape index (κ1) is 14.7. The molecule has 0 spiro atoms. The van der Waals surface area contributed by atoms with Gasteiger partial charge in [-0.3, -0.25) is 9.69 Å². The van der Waals surface area contributed by atoms with Crippen LogP contribution in [0.5, 0.6) is 0 Å². The molecule has 0 radical (unpaired) electrons. The Labute approximate surface area is 108 Å². The van der Waals surface area contributed by atoms with Crippen LogP contribution in [0.3, 0.4) is 0 Å². The lowest BCUT2D eigenvalue weighted by atomic mass is 10.3. The Bertz CT molecular complexity index is 387. The minimum Gasteiger partial charge on any atom is -0.392 e. The fraction of sp³-hybridized carbons (Fsp3) is 0.667. The van der Waals surface area contributed by atoms with E-state index < -0.39 is 6.10 Å². The van der Waals surface area contributed by atoms with E-state index in [4.69, 9.17) is 0 Å². The van der Waals surface area contributed by atoms with Gasteiger partial charge in [0.1, 0.15) is 5.82 Å². The van der Waals surface area contributed by atoms with Gasteiger partial charge in [0.2, 0.25) is 5.91 Å². The van der Waals surface area contributed by atoms with Gasteiger partial charge >= 0.3 is 0 Å². The zero-order valence-electron chi connectivity index (χ0n) is 11.4. The molecule has 1 amide bonds. The Morgan fingerprint density at radius 2 is 2.22 bits per heavy atom. The van der Waals surface area contributed by atoms with E-state index in [-0.39, 0.29) is 18.5 Å². The number of likely N-dealkylation sites (N-methyl/N-ethyl adjacent to an activating group) is 1. The number of aromatic nitrogens is 2. The summed E-state index contributed by atoms with van der Waals surface area (Å²) in [4.78, 5) is 13.6. The molecule has 102 valence electrons. The molecular weight excluding hydrogens is 232 g/mol. The van der Waals surface area contributed by atoms with Gasteiger partial charge in [-0.15, -0.1) is 0 Å². The quantitative estimate of drug-likeness (QED) is 0.784. The van der Waals surface area contributed by atoms with Crippen LogP contribution in [0, 0.1) is 0 Å². The summed E-state index contributed by atoms with van der Waals surface area (Å²) in [5.41, 5.74) is 0. The summed E-state index contributed by atoms with van der Waals surface area (Å²) >= 11 is 0. The highest BCUT2D eigenvalue weighted by atomic mass is 16.3. The summed E-state index contributed by atoms with van der Waals surface area (Å²) in [7, 11) is 1.80. The number of anilines is 1. The first-order valence-corrected chi connectivity index (χ1v) is 6.10. The fourth-order valence-corrected chi connectivity index (χ4v) is 1.77. The van der Waals surface area contributed by atoms with E-state index >= 15 is 0 Å². The van der Waals surface area contributed by atoms with Crippen molar-refractivity contribution in [3.8, 4) is 0 Å². The van der Waals surface area contributed by atoms with Crippen LogP contribution in [0.15, 0.2) is 12.3 Å². The van der Waals surface area contributed by atoms with Gasteiger partial charge < -0.3 is 10.4 Å². The normalized spacial score (nSPS) is 13.1. The molecule has 1 unspecified atom stereocenters. The van der Waals surface area contributed by atoms with Crippen LogP contribution in [0.25, 0.3) is 0 Å². The highest BCUT2D eigenvalue weighted by Gasteiger charge is 2.12. The molecule has 0 saturated heterocycles. The van der Waals surface area contributed by atoms with Crippen LogP contribution >= 0.6 is 0 Å². The maximum absolute atomic E-state index is 11.8. The minimum absolute atomic E-state index is 0.111. The number of hydrogen-bond acceptors (Lipinski definition) is 4. The van der Waals surface area contributed by atoms with Crippen LogP contribution < -0.4 is 5.32 Å². The average Bonchev–Trinajstić information content (AvgIpc) is 2.63. The molecule has 1 rings (SSSR count). The molecule has 18 heavy (non-hydrogen) atoms. The van der Waals surface area contributed by atoms with E-state index in [0.717, 1.165) is 0 Å². The maximum atomic E-state index is 11.8. The molecule has 0 bridgehead atoms. The molecular formula is C12H22N4O2. The number of nitrogens with zero attached hydrogens (tertiary/aromatic N) is 3. The van der Waals surface area contributed by atoms with Crippen molar-refractivity contribution in [2.24, 2.45) is 0 Å². The first-order valence-electron chi connectivity index (χ1n) is 6.10. The van der Waals surface area contributed by atoms with Crippen LogP contribution in [0.4, 0.5) is 5.82 Å². The Hall–Kier alpha value is -1.40. The predicted molar refractivity (Wildman–Crippen MR) is 70.4 cm³/mol. The second-order valence-electron chi connectivity index (χ2n) is 4.85. The predicted octanol–water partition coefficient (Wildman–Crippen LogP) is 0.715. The van der Waals surface area contributed by atoms with Gasteiger partial charge in [-0.1, -0.05) is 0 Å². The van der Waals surface area contributed by atoms with Crippen molar-refractivity contribution in [3.63, 3.8) is 0 Å². The number of rotatable bonds is 6. The first-order chi connectivity index (χ1) is 8.40. The van der Waals surface area contributed by atoms with E-state index in [9.17, 15) is 9.90 Å². The van der Waals surface area contributed by atoms with Crippen molar-refractivity contribution in [3.05, 3.63) is 12.3 Å². The summed E-state index contributed by atoms with van der Waals surface area (Å²) < 4.78 is 1.76. The highest BCUT2D eigenvalue weighted by Crippen LogP contribution is 2.12. The van der Waals surface area contributed by atoms with E-state index in [0.29, 0.717) is 12.4 Å². The molecule has 0 aromatic carbocycles. The number of carbonyl (C=O) groups is 1. The molecule has 1 atom stereocenters. The second-order valence-corrected chi connectivity index (χ2v) is 4.85. The van der Waals surface area contributed by atoms with Crippen LogP contribution in [-0.4, -0.2) is 51.9 Å². The molecule has 0 aliphatic rings. The molecule has 6 heteroatoms. The maximum Gasteiger partial charge on any atom is 0.239 e. The third-order valence-electron chi connectivity index (χ3n) is 2.42. The summed E-state index contributed by atoms with van der Waals surface area (Å²) in [6.45, 7) is 6.41. The van der Waals surface area contributed by atoms with Crippen molar-refractivity contribution in [1.82, 2.24) is 14.7 Å². The topological polar surface area (TPSA) is 70.4 Å². The standard InChI is InChI=1S/C12H22N4O2/c1-9(2)16-11(5-6-13-16)14-12(18)8-15(4)7-10(3)17/h5-6,9-10,17H,7-8H2,1-4H3,(H,14,18). The fourth-order valence-electron chi connectivity index (χ4n) is 1.77. The van der Waals surface area contributed by atoms with Crippen molar-refractivity contribution in [2.75, 3.05) is 25.5 Å². The smallest absolute Gasteiger partial charge is 0.239 e. The van der Waals surface area contributed by atoms with Crippen molar-refractivity contribution < 1.29 is 9.90 Å². The second kappa shape index (κ2) is 6.51. The van der Waals surface area contributed by atoms with Crippen LogP contribution in [0.2, 0.25) is 0 Å². The molecule has 0 aliphatic carbocycles. The van der Waals surface area contributed by atoms with E-state index in [2.05, 4.69) is 10.4 Å². The van der Waals surface area contributed by atoms with E-state index in [1.807, 2.05) is 13.8 Å². The lowest BCUT2D eigenvalue weighted by molar-refractivity contribution is -0.117. The van der Waals surface area contributed by atoms with Crippen LogP contribution in [0.1, 0.15) is 26.8 Å². The lowest BCUT2D eigenvalue weighted by Gasteiger charge is -2.18. The largest absolute Gasteiger partial charge is 0.392 e. The minimum atomic E-state index is -0.441. The zero-order valence-corrected chi connectivity index (χ0v) is 11.4. The van der Waals surface area contributed by atoms with Gasteiger partial charge in [-0.05, 0) is 27.8 Å². The molecule has 1 aromatic rings. The average molecular weight is 254 g/mol. The Morgan fingerprint density at radius 1 is 1.56 bits per heavy atom. The van der Waals surface area contributed by atoms with Gasteiger partial charge in [-0.25, -0.2) is 4.68 Å². The third kappa shape index (κ3) is 4.46. The molecule has 2 N–H and O–H groups in total. The third-order valence-corrected chi connectivity index (χ3v) is 2.42. The summed E-state index contributed by atoms with van der Waals surface area (Å²) in [6, 6.07) is 1.97.